The van der Waals surface area contributed by atoms with Crippen LogP contribution in [-0.2, 0) is 9.59 Å². The van der Waals surface area contributed by atoms with Crippen LogP contribution in [0.4, 0.5) is 17.1 Å². The molecule has 2 aromatic rings. The molecule has 10 heteroatoms. The third-order valence-electron chi connectivity index (χ3n) is 5.04. The Morgan fingerprint density at radius 2 is 1.77 bits per heavy atom. The van der Waals surface area contributed by atoms with E-state index in [1.165, 1.54) is 24.3 Å². The third-order valence-corrected chi connectivity index (χ3v) is 5.04. The van der Waals surface area contributed by atoms with Crippen molar-refractivity contribution in [2.24, 2.45) is 0 Å². The summed E-state index contributed by atoms with van der Waals surface area (Å²) in [6.07, 6.45) is 0. The van der Waals surface area contributed by atoms with Gasteiger partial charge in [-0.3, -0.25) is 24.6 Å². The van der Waals surface area contributed by atoms with Crippen LogP contribution in [0.5, 0.6) is 5.75 Å². The molecule has 1 heterocycles. The third kappa shape index (κ3) is 6.16. The molecule has 0 bridgehead atoms. The number of hydrogen-bond acceptors (Lipinski definition) is 7. The normalized spacial score (nSPS) is 14.0. The topological polar surface area (TPSA) is 117 Å². The van der Waals surface area contributed by atoms with E-state index in [2.05, 4.69) is 20.4 Å². The Balaban J connectivity index is 1.38. The zero-order chi connectivity index (χ0) is 22.2. The lowest BCUT2D eigenvalue weighted by atomic mass is 10.2. The molecule has 0 aliphatic carbocycles. The maximum atomic E-state index is 12.0. The number of carbonyl (C=O) groups excluding carboxylic acids is 2. The fourth-order valence-corrected chi connectivity index (χ4v) is 3.32. The minimum absolute atomic E-state index is 0.160. The predicted octanol–water partition coefficient (Wildman–Crippen LogP) is 1.48. The highest BCUT2D eigenvalue weighted by Crippen LogP contribution is 2.20. The minimum Gasteiger partial charge on any atom is -0.497 e. The van der Waals surface area contributed by atoms with Gasteiger partial charge in [0.1, 0.15) is 5.75 Å². The number of non-ortho nitro benzene ring substituents is 1. The van der Waals surface area contributed by atoms with E-state index in [0.717, 1.165) is 37.6 Å². The molecule has 1 aliphatic heterocycles. The monoisotopic (exact) mass is 427 g/mol. The number of nitro groups is 1. The summed E-state index contributed by atoms with van der Waals surface area (Å²) < 4.78 is 5.19. The lowest BCUT2D eigenvalue weighted by molar-refractivity contribution is -0.384. The quantitative estimate of drug-likeness (QED) is 0.390. The summed E-state index contributed by atoms with van der Waals surface area (Å²) in [6.45, 7) is 4.40. The number of nitrogens with zero attached hydrogens (tertiary/aromatic N) is 3. The van der Waals surface area contributed by atoms with Crippen LogP contribution < -0.4 is 20.3 Å². The summed E-state index contributed by atoms with van der Waals surface area (Å²) in [6, 6.07) is 13.4. The lowest BCUT2D eigenvalue weighted by Gasteiger charge is -2.36. The van der Waals surface area contributed by atoms with Crippen molar-refractivity contribution in [1.29, 1.82) is 0 Å². The van der Waals surface area contributed by atoms with Crippen LogP contribution in [0.1, 0.15) is 0 Å². The molecular formula is C21H25N5O5. The number of methoxy groups -OCH3 is 1. The van der Waals surface area contributed by atoms with Gasteiger partial charge in [-0.25, -0.2) is 0 Å². The average Bonchev–Trinajstić information content (AvgIpc) is 2.79. The molecule has 0 spiro atoms. The number of carbonyl (C=O) groups is 2. The first-order valence-corrected chi connectivity index (χ1v) is 9.91. The second kappa shape index (κ2) is 10.4. The van der Waals surface area contributed by atoms with Gasteiger partial charge in [-0.15, -0.1) is 0 Å². The van der Waals surface area contributed by atoms with E-state index in [1.807, 2.05) is 24.3 Å². The molecule has 164 valence electrons. The van der Waals surface area contributed by atoms with Crippen molar-refractivity contribution in [3.8, 4) is 5.75 Å². The van der Waals surface area contributed by atoms with Crippen molar-refractivity contribution < 1.29 is 19.2 Å². The van der Waals surface area contributed by atoms with Crippen molar-refractivity contribution in [3.63, 3.8) is 0 Å². The van der Waals surface area contributed by atoms with Crippen molar-refractivity contribution in [2.45, 2.75) is 0 Å². The number of nitro benzene ring substituents is 1. The summed E-state index contributed by atoms with van der Waals surface area (Å²) in [5.74, 6) is -0.805. The number of amides is 2. The number of benzene rings is 2. The summed E-state index contributed by atoms with van der Waals surface area (Å²) >= 11 is 0. The number of piperazine rings is 1. The van der Waals surface area contributed by atoms with Crippen molar-refractivity contribution in [2.75, 3.05) is 56.6 Å². The van der Waals surface area contributed by atoms with Crippen LogP contribution in [-0.4, -0.2) is 68.0 Å². The van der Waals surface area contributed by atoms with E-state index in [4.69, 9.17) is 4.74 Å². The summed E-state index contributed by atoms with van der Waals surface area (Å²) in [7, 11) is 1.64. The molecule has 10 nitrogen and oxygen atoms in total. The van der Waals surface area contributed by atoms with Crippen LogP contribution in [0.25, 0.3) is 0 Å². The van der Waals surface area contributed by atoms with Gasteiger partial charge in [0, 0.05) is 62.8 Å². The zero-order valence-electron chi connectivity index (χ0n) is 17.2. The van der Waals surface area contributed by atoms with Gasteiger partial charge in [-0.1, -0.05) is 6.07 Å². The molecule has 0 atom stereocenters. The number of ether oxygens (including phenoxy) is 1. The van der Waals surface area contributed by atoms with Crippen molar-refractivity contribution in [3.05, 3.63) is 58.6 Å². The van der Waals surface area contributed by atoms with E-state index in [0.29, 0.717) is 13.1 Å². The average molecular weight is 427 g/mol. The van der Waals surface area contributed by atoms with E-state index in [9.17, 15) is 19.7 Å². The first kappa shape index (κ1) is 22.0. The van der Waals surface area contributed by atoms with Crippen LogP contribution >= 0.6 is 0 Å². The van der Waals surface area contributed by atoms with Gasteiger partial charge in [0.25, 0.3) is 5.69 Å². The van der Waals surface area contributed by atoms with Crippen LogP contribution in [0, 0.1) is 10.1 Å². The van der Waals surface area contributed by atoms with Crippen molar-refractivity contribution in [1.82, 2.24) is 10.2 Å². The highest BCUT2D eigenvalue weighted by atomic mass is 16.6. The molecule has 2 N–H and O–H groups in total. The standard InChI is InChI=1S/C21H25N5O5/c1-31-19-7-5-17(6-8-19)25-13-11-24(12-14-25)10-9-22-20(27)21(28)23-16-3-2-4-18(15-16)26(29)30/h2-8,15H,9-14H2,1H3,(H,22,27)(H,23,28). The first-order valence-electron chi connectivity index (χ1n) is 9.91. The van der Waals surface area contributed by atoms with Crippen molar-refractivity contribution >= 4 is 28.9 Å². The lowest BCUT2D eigenvalue weighted by Crippen LogP contribution is -2.49. The Bertz CT molecular complexity index is 926. The molecule has 0 saturated carbocycles. The molecule has 1 aliphatic rings. The summed E-state index contributed by atoms with van der Waals surface area (Å²) in [5.41, 5.74) is 1.18. The van der Waals surface area contributed by atoms with Crippen LogP contribution in [0.3, 0.4) is 0 Å². The van der Waals surface area contributed by atoms with E-state index in [1.54, 1.807) is 7.11 Å². The minimum atomic E-state index is -0.857. The molecule has 0 radical (unpaired) electrons. The van der Waals surface area contributed by atoms with Gasteiger partial charge >= 0.3 is 11.8 Å². The van der Waals surface area contributed by atoms with Gasteiger partial charge in [0.05, 0.1) is 12.0 Å². The molecule has 3 rings (SSSR count). The highest BCUT2D eigenvalue weighted by Gasteiger charge is 2.19. The fourth-order valence-electron chi connectivity index (χ4n) is 3.32. The van der Waals surface area contributed by atoms with Gasteiger partial charge in [0.2, 0.25) is 0 Å². The van der Waals surface area contributed by atoms with Crippen LogP contribution in [0.15, 0.2) is 48.5 Å². The number of hydrogen-bond donors (Lipinski definition) is 2. The number of rotatable bonds is 7. The largest absolute Gasteiger partial charge is 0.497 e. The predicted molar refractivity (Wildman–Crippen MR) is 116 cm³/mol. The number of anilines is 2. The second-order valence-electron chi connectivity index (χ2n) is 7.04. The Kier molecular flexibility index (Phi) is 7.39. The van der Waals surface area contributed by atoms with Gasteiger partial charge in [-0.05, 0) is 30.3 Å². The molecule has 1 saturated heterocycles. The molecule has 2 aromatic carbocycles. The number of nitrogens with one attached hydrogen (secondary N) is 2. The van der Waals surface area contributed by atoms with Gasteiger partial charge < -0.3 is 20.3 Å². The Hall–Kier alpha value is -3.66. The maximum absolute atomic E-state index is 12.0. The first-order chi connectivity index (χ1) is 15.0. The van der Waals surface area contributed by atoms with E-state index >= 15 is 0 Å². The molecule has 0 aromatic heterocycles. The van der Waals surface area contributed by atoms with E-state index in [-0.39, 0.29) is 11.4 Å². The smallest absolute Gasteiger partial charge is 0.313 e. The van der Waals surface area contributed by atoms with Crippen LogP contribution in [0.2, 0.25) is 0 Å². The Morgan fingerprint density at radius 3 is 2.42 bits per heavy atom. The summed E-state index contributed by atoms with van der Waals surface area (Å²) in [4.78, 5) is 38.7. The second-order valence-corrected chi connectivity index (χ2v) is 7.04. The van der Waals surface area contributed by atoms with Gasteiger partial charge in [-0.2, -0.15) is 0 Å². The molecule has 31 heavy (non-hydrogen) atoms. The Morgan fingerprint density at radius 1 is 1.06 bits per heavy atom. The molecular weight excluding hydrogens is 402 g/mol. The van der Waals surface area contributed by atoms with E-state index < -0.39 is 16.7 Å². The Labute approximate surface area is 179 Å². The fraction of sp³-hybridized carbons (Fsp3) is 0.333. The van der Waals surface area contributed by atoms with Gasteiger partial charge in [0.15, 0.2) is 0 Å². The molecule has 1 fully saturated rings. The molecule has 0 unspecified atom stereocenters. The maximum Gasteiger partial charge on any atom is 0.313 e. The molecule has 2 amide bonds. The summed E-state index contributed by atoms with van der Waals surface area (Å²) in [5, 5.41) is 15.8. The SMILES string of the molecule is COc1ccc(N2CCN(CCNC(=O)C(=O)Nc3cccc([N+](=O)[O-])c3)CC2)cc1. The zero-order valence-corrected chi connectivity index (χ0v) is 17.2. The highest BCUT2D eigenvalue weighted by molar-refractivity contribution is 6.39.